The molecule has 3 aliphatic heterocycles. The highest BCUT2D eigenvalue weighted by atomic mass is 16.2. The Morgan fingerprint density at radius 1 is 1.09 bits per heavy atom. The lowest BCUT2D eigenvalue weighted by molar-refractivity contribution is -0.136. The number of benzene rings is 1. The van der Waals surface area contributed by atoms with Crippen molar-refractivity contribution < 1.29 is 9.59 Å². The van der Waals surface area contributed by atoms with E-state index >= 15 is 0 Å². The maximum absolute atomic E-state index is 13.7. The summed E-state index contributed by atoms with van der Waals surface area (Å²) in [4.78, 5) is 30.7. The molecule has 2 bridgehead atoms. The number of rotatable bonds is 3. The average Bonchev–Trinajstić information content (AvgIpc) is 3.17. The van der Waals surface area contributed by atoms with Gasteiger partial charge in [0.15, 0.2) is 5.78 Å². The van der Waals surface area contributed by atoms with Crippen molar-refractivity contribution in [3.8, 4) is 0 Å². The lowest BCUT2D eigenvalue weighted by atomic mass is 9.68. The summed E-state index contributed by atoms with van der Waals surface area (Å²) >= 11 is 0. The number of fused-ring (bicyclic) bond motifs is 7. The summed E-state index contributed by atoms with van der Waals surface area (Å²) in [7, 11) is 0. The third-order valence-corrected chi connectivity index (χ3v) is 8.45. The highest BCUT2D eigenvalue weighted by molar-refractivity contribution is 6.07. The maximum atomic E-state index is 13.7. The van der Waals surface area contributed by atoms with Crippen LogP contribution in [0.1, 0.15) is 55.8 Å². The minimum absolute atomic E-state index is 0.0483. The molecule has 0 unspecified atom stereocenters. The highest BCUT2D eigenvalue weighted by Gasteiger charge is 2.46. The van der Waals surface area contributed by atoms with Gasteiger partial charge in [-0.3, -0.25) is 14.5 Å². The van der Waals surface area contributed by atoms with E-state index in [9.17, 15) is 9.59 Å². The van der Waals surface area contributed by atoms with Crippen LogP contribution in [-0.2, 0) is 11.3 Å². The molecule has 0 radical (unpaired) electrons. The molecule has 1 aromatic heterocycles. The molecule has 1 amide bonds. The van der Waals surface area contributed by atoms with Crippen LogP contribution in [0.3, 0.4) is 0 Å². The Morgan fingerprint density at radius 2 is 1.97 bits per heavy atom. The van der Waals surface area contributed by atoms with Crippen molar-refractivity contribution in [1.82, 2.24) is 14.4 Å². The van der Waals surface area contributed by atoms with Crippen LogP contribution in [0.15, 0.2) is 42.1 Å². The van der Waals surface area contributed by atoms with Crippen molar-refractivity contribution in [2.75, 3.05) is 19.6 Å². The van der Waals surface area contributed by atoms with Gasteiger partial charge in [0.1, 0.15) is 6.54 Å². The molecule has 0 N–H and O–H groups in total. The van der Waals surface area contributed by atoms with Crippen LogP contribution in [-0.4, -0.2) is 57.8 Å². The second kappa shape index (κ2) is 7.87. The molecule has 1 aliphatic carbocycles. The number of para-hydroxylation sites is 1. The summed E-state index contributed by atoms with van der Waals surface area (Å²) in [5.41, 5.74) is 3.20. The second-order valence-electron chi connectivity index (χ2n) is 10.3. The Bertz CT molecular complexity index is 1100. The molecule has 168 valence electrons. The van der Waals surface area contributed by atoms with Crippen molar-refractivity contribution in [3.05, 3.63) is 47.7 Å². The fraction of sp³-hybridized carbons (Fsp3) is 0.556. The zero-order valence-corrected chi connectivity index (χ0v) is 19.0. The monoisotopic (exact) mass is 431 g/mol. The summed E-state index contributed by atoms with van der Waals surface area (Å²) in [6, 6.07) is 8.93. The summed E-state index contributed by atoms with van der Waals surface area (Å²) < 4.78 is 1.99. The van der Waals surface area contributed by atoms with E-state index in [2.05, 4.69) is 15.9 Å². The minimum atomic E-state index is 0.0483. The SMILES string of the molecule is CC(=O)c1cn(CC(=O)N2CCCC3=C[C@H]4C[C@@H](CN5CCCC[C@H]45)[C@H]32)c2ccccc12. The number of amides is 1. The van der Waals surface area contributed by atoms with E-state index < -0.39 is 0 Å². The standard InChI is InChI=1S/C27H33N3O2/c1-18(31)23-16-29(25-10-3-2-8-22(23)25)17-26(32)30-12-6-7-19-13-20-14-21(27(19)30)15-28-11-5-4-9-24(20)28/h2-3,8,10,13,16,20-21,24,27H,4-7,9,11-12,14-15,17H2,1H3/t20-,21-,24+,27-/m0/s1. The van der Waals surface area contributed by atoms with Crippen LogP contribution in [0.4, 0.5) is 0 Å². The summed E-state index contributed by atoms with van der Waals surface area (Å²) in [6.45, 7) is 5.13. The van der Waals surface area contributed by atoms with Gasteiger partial charge in [-0.25, -0.2) is 0 Å². The van der Waals surface area contributed by atoms with Crippen LogP contribution < -0.4 is 0 Å². The van der Waals surface area contributed by atoms with Gasteiger partial charge in [0.05, 0.1) is 6.04 Å². The maximum Gasteiger partial charge on any atom is 0.243 e. The summed E-state index contributed by atoms with van der Waals surface area (Å²) in [5, 5.41) is 0.941. The molecule has 4 atom stereocenters. The van der Waals surface area contributed by atoms with Crippen LogP contribution in [0.5, 0.6) is 0 Å². The third-order valence-electron chi connectivity index (χ3n) is 8.45. The molecule has 2 aromatic rings. The molecule has 32 heavy (non-hydrogen) atoms. The fourth-order valence-corrected chi connectivity index (χ4v) is 7.15. The summed E-state index contributed by atoms with van der Waals surface area (Å²) in [6.07, 6.45) is 11.9. The first-order valence-corrected chi connectivity index (χ1v) is 12.4. The lowest BCUT2D eigenvalue weighted by Crippen LogP contribution is -2.60. The van der Waals surface area contributed by atoms with Crippen molar-refractivity contribution in [2.24, 2.45) is 11.8 Å². The Morgan fingerprint density at radius 3 is 2.84 bits per heavy atom. The fourth-order valence-electron chi connectivity index (χ4n) is 7.15. The zero-order chi connectivity index (χ0) is 21.8. The number of carbonyl (C=O) groups is 2. The Labute approximate surface area is 190 Å². The number of Topliss-reactive ketones (excluding diaryl/α,β-unsaturated/α-hetero) is 1. The van der Waals surface area contributed by atoms with E-state index in [4.69, 9.17) is 0 Å². The molecular weight excluding hydrogens is 398 g/mol. The molecule has 3 fully saturated rings. The zero-order valence-electron chi connectivity index (χ0n) is 19.0. The first-order valence-electron chi connectivity index (χ1n) is 12.4. The van der Waals surface area contributed by atoms with Gasteiger partial charge in [0.25, 0.3) is 0 Å². The second-order valence-corrected chi connectivity index (χ2v) is 10.3. The van der Waals surface area contributed by atoms with Gasteiger partial charge in [-0.15, -0.1) is 0 Å². The quantitative estimate of drug-likeness (QED) is 0.539. The van der Waals surface area contributed by atoms with Gasteiger partial charge in [-0.2, -0.15) is 0 Å². The average molecular weight is 432 g/mol. The van der Waals surface area contributed by atoms with Gasteiger partial charge in [0.2, 0.25) is 5.91 Å². The molecule has 4 aliphatic rings. The molecule has 6 rings (SSSR count). The number of likely N-dealkylation sites (tertiary alicyclic amines) is 1. The predicted octanol–water partition coefficient (Wildman–Crippen LogP) is 4.27. The molecule has 3 saturated heterocycles. The number of hydrogen-bond acceptors (Lipinski definition) is 3. The van der Waals surface area contributed by atoms with Gasteiger partial charge >= 0.3 is 0 Å². The molecule has 0 spiro atoms. The van der Waals surface area contributed by atoms with Gasteiger partial charge in [0, 0.05) is 41.8 Å². The van der Waals surface area contributed by atoms with Gasteiger partial charge in [-0.05, 0) is 63.5 Å². The molecule has 1 aromatic carbocycles. The first kappa shape index (κ1) is 20.2. The van der Waals surface area contributed by atoms with Gasteiger partial charge in [-0.1, -0.05) is 36.3 Å². The Kier molecular flexibility index (Phi) is 4.98. The number of ketones is 1. The van der Waals surface area contributed by atoms with E-state index in [1.807, 2.05) is 35.0 Å². The molecule has 5 nitrogen and oxygen atoms in total. The van der Waals surface area contributed by atoms with Gasteiger partial charge < -0.3 is 9.47 Å². The Hall–Kier alpha value is -2.40. The van der Waals surface area contributed by atoms with Crippen LogP contribution in [0, 0.1) is 11.8 Å². The van der Waals surface area contributed by atoms with Crippen LogP contribution in [0.25, 0.3) is 10.9 Å². The van der Waals surface area contributed by atoms with Crippen molar-refractivity contribution >= 4 is 22.6 Å². The number of aromatic nitrogens is 1. The van der Waals surface area contributed by atoms with E-state index in [1.54, 1.807) is 6.92 Å². The number of hydrogen-bond donors (Lipinski definition) is 0. The normalized spacial score (nSPS) is 29.9. The van der Waals surface area contributed by atoms with Crippen molar-refractivity contribution in [3.63, 3.8) is 0 Å². The number of nitrogens with zero attached hydrogens (tertiary/aromatic N) is 3. The molecule has 5 heteroatoms. The lowest BCUT2D eigenvalue weighted by Gasteiger charge is -2.54. The van der Waals surface area contributed by atoms with Crippen LogP contribution in [0.2, 0.25) is 0 Å². The Balaban J connectivity index is 1.29. The molecular formula is C27H33N3O2. The number of piperidine rings is 3. The van der Waals surface area contributed by atoms with E-state index in [0.29, 0.717) is 23.9 Å². The van der Waals surface area contributed by atoms with E-state index in [0.717, 1.165) is 42.9 Å². The minimum Gasteiger partial charge on any atom is -0.337 e. The summed E-state index contributed by atoms with van der Waals surface area (Å²) in [5.74, 6) is 1.48. The van der Waals surface area contributed by atoms with E-state index in [1.165, 1.54) is 37.8 Å². The first-order chi connectivity index (χ1) is 15.6. The van der Waals surface area contributed by atoms with Crippen LogP contribution >= 0.6 is 0 Å². The predicted molar refractivity (Wildman–Crippen MR) is 126 cm³/mol. The van der Waals surface area contributed by atoms with Crippen molar-refractivity contribution in [1.29, 1.82) is 0 Å². The topological polar surface area (TPSA) is 45.6 Å². The highest BCUT2D eigenvalue weighted by Crippen LogP contribution is 2.45. The largest absolute Gasteiger partial charge is 0.337 e. The molecule has 0 saturated carbocycles. The molecule has 4 heterocycles. The van der Waals surface area contributed by atoms with Crippen molar-refractivity contribution in [2.45, 2.75) is 64.1 Å². The third kappa shape index (κ3) is 3.24. The smallest absolute Gasteiger partial charge is 0.243 e. The number of carbonyl (C=O) groups excluding carboxylic acids is 2. The van der Waals surface area contributed by atoms with E-state index in [-0.39, 0.29) is 17.7 Å².